The molecule has 2 unspecified atom stereocenters. The molecule has 20 heavy (non-hydrogen) atoms. The van der Waals surface area contributed by atoms with Crippen molar-refractivity contribution in [3.63, 3.8) is 0 Å². The molecule has 2 rings (SSSR count). The summed E-state index contributed by atoms with van der Waals surface area (Å²) >= 11 is 0. The minimum atomic E-state index is -0.0447. The molecule has 0 aromatic heterocycles. The van der Waals surface area contributed by atoms with E-state index in [0.29, 0.717) is 11.7 Å². The number of rotatable bonds is 2. The van der Waals surface area contributed by atoms with Gasteiger partial charge in [-0.2, -0.15) is 0 Å². The van der Waals surface area contributed by atoms with E-state index in [1.54, 1.807) is 0 Å². The number of phenolic OH excluding ortho intramolecular Hbond substituents is 1. The lowest BCUT2D eigenvalue weighted by molar-refractivity contribution is 0.303. The van der Waals surface area contributed by atoms with Crippen molar-refractivity contribution >= 4 is 0 Å². The van der Waals surface area contributed by atoms with E-state index in [0.717, 1.165) is 30.6 Å². The first-order chi connectivity index (χ1) is 9.25. The summed E-state index contributed by atoms with van der Waals surface area (Å²) in [6, 6.07) is 4.48. The van der Waals surface area contributed by atoms with Gasteiger partial charge in [0.15, 0.2) is 0 Å². The molecule has 1 fully saturated rings. The molecule has 3 heteroatoms. The van der Waals surface area contributed by atoms with Crippen LogP contribution in [0.5, 0.6) is 5.75 Å². The number of hydrogen-bond acceptors (Lipinski definition) is 3. The molecule has 112 valence electrons. The first-order valence-electron chi connectivity index (χ1n) is 7.49. The first-order valence-corrected chi connectivity index (χ1v) is 7.49. The van der Waals surface area contributed by atoms with E-state index in [2.05, 4.69) is 51.8 Å². The van der Waals surface area contributed by atoms with Gasteiger partial charge in [-0.25, -0.2) is 0 Å². The number of phenols is 1. The standard InChI is InChI=1S/C17H28N2O/c1-11-6-7-13(17(2,3)4)16(20)15(11)14-8-12(9-18)10-19(14)5/h6-7,12,14,20H,8-10,18H2,1-5H3. The van der Waals surface area contributed by atoms with Crippen LogP contribution in [0.3, 0.4) is 0 Å². The molecular formula is C17H28N2O. The molecule has 1 aromatic carbocycles. The summed E-state index contributed by atoms with van der Waals surface area (Å²) in [5.41, 5.74) is 9.07. The SMILES string of the molecule is Cc1ccc(C(C)(C)C)c(O)c1C1CC(CN)CN1C. The Balaban J connectivity index is 2.46. The van der Waals surface area contributed by atoms with E-state index >= 15 is 0 Å². The fourth-order valence-corrected chi connectivity index (χ4v) is 3.35. The van der Waals surface area contributed by atoms with E-state index < -0.39 is 0 Å². The van der Waals surface area contributed by atoms with Crippen LogP contribution < -0.4 is 5.73 Å². The summed E-state index contributed by atoms with van der Waals surface area (Å²) in [5, 5.41) is 10.8. The molecule has 3 nitrogen and oxygen atoms in total. The average Bonchev–Trinajstić information content (AvgIpc) is 2.69. The Bertz CT molecular complexity index is 490. The van der Waals surface area contributed by atoms with Gasteiger partial charge in [0.1, 0.15) is 5.75 Å². The molecule has 2 atom stereocenters. The van der Waals surface area contributed by atoms with Crippen LogP contribution in [0.25, 0.3) is 0 Å². The zero-order chi connectivity index (χ0) is 15.1. The summed E-state index contributed by atoms with van der Waals surface area (Å²) in [4.78, 5) is 2.33. The quantitative estimate of drug-likeness (QED) is 0.873. The Morgan fingerprint density at radius 2 is 2.00 bits per heavy atom. The molecule has 0 spiro atoms. The lowest BCUT2D eigenvalue weighted by atomic mass is 9.82. The number of aromatic hydroxyl groups is 1. The van der Waals surface area contributed by atoms with E-state index in [1.165, 1.54) is 5.56 Å². The van der Waals surface area contributed by atoms with Crippen molar-refractivity contribution in [1.82, 2.24) is 4.90 Å². The van der Waals surface area contributed by atoms with Crippen LogP contribution in [0.15, 0.2) is 12.1 Å². The largest absolute Gasteiger partial charge is 0.507 e. The van der Waals surface area contributed by atoms with Crippen molar-refractivity contribution in [3.05, 3.63) is 28.8 Å². The van der Waals surface area contributed by atoms with Crippen LogP contribution in [-0.4, -0.2) is 30.1 Å². The highest BCUT2D eigenvalue weighted by molar-refractivity contribution is 5.50. The highest BCUT2D eigenvalue weighted by atomic mass is 16.3. The predicted molar refractivity (Wildman–Crippen MR) is 84.1 cm³/mol. The molecular weight excluding hydrogens is 248 g/mol. The van der Waals surface area contributed by atoms with Gasteiger partial charge in [-0.3, -0.25) is 4.90 Å². The molecule has 0 saturated carbocycles. The van der Waals surface area contributed by atoms with E-state index in [1.807, 2.05) is 0 Å². The third kappa shape index (κ3) is 2.70. The van der Waals surface area contributed by atoms with Crippen LogP contribution in [0, 0.1) is 12.8 Å². The second-order valence-corrected chi connectivity index (χ2v) is 7.24. The zero-order valence-corrected chi connectivity index (χ0v) is 13.4. The van der Waals surface area contributed by atoms with Gasteiger partial charge in [0, 0.05) is 18.2 Å². The Labute approximate surface area is 122 Å². The maximum absolute atomic E-state index is 10.8. The summed E-state index contributed by atoms with van der Waals surface area (Å²) in [5.74, 6) is 1.01. The third-order valence-corrected chi connectivity index (χ3v) is 4.54. The Morgan fingerprint density at radius 1 is 1.35 bits per heavy atom. The number of benzene rings is 1. The van der Waals surface area contributed by atoms with Crippen molar-refractivity contribution in [1.29, 1.82) is 0 Å². The minimum Gasteiger partial charge on any atom is -0.507 e. The molecule has 0 radical (unpaired) electrons. The number of aryl methyl sites for hydroxylation is 1. The van der Waals surface area contributed by atoms with Crippen molar-refractivity contribution in [2.75, 3.05) is 20.1 Å². The summed E-state index contributed by atoms with van der Waals surface area (Å²) in [6.45, 7) is 10.2. The van der Waals surface area contributed by atoms with Crippen molar-refractivity contribution in [2.45, 2.75) is 45.6 Å². The van der Waals surface area contributed by atoms with Crippen molar-refractivity contribution in [2.24, 2.45) is 11.7 Å². The number of hydrogen-bond donors (Lipinski definition) is 2. The molecule has 0 aliphatic carbocycles. The van der Waals surface area contributed by atoms with Gasteiger partial charge in [0.05, 0.1) is 0 Å². The number of likely N-dealkylation sites (tertiary alicyclic amines) is 1. The second-order valence-electron chi connectivity index (χ2n) is 7.24. The molecule has 1 aliphatic rings. The van der Waals surface area contributed by atoms with Gasteiger partial charge < -0.3 is 10.8 Å². The minimum absolute atomic E-state index is 0.0447. The van der Waals surface area contributed by atoms with Crippen molar-refractivity contribution < 1.29 is 5.11 Å². The molecule has 1 saturated heterocycles. The molecule has 3 N–H and O–H groups in total. The van der Waals surface area contributed by atoms with Gasteiger partial charge in [-0.05, 0) is 49.4 Å². The highest BCUT2D eigenvalue weighted by Crippen LogP contribution is 2.43. The van der Waals surface area contributed by atoms with Crippen LogP contribution >= 0.6 is 0 Å². The fraction of sp³-hybridized carbons (Fsp3) is 0.647. The number of nitrogens with zero attached hydrogens (tertiary/aromatic N) is 1. The fourth-order valence-electron chi connectivity index (χ4n) is 3.35. The molecule has 1 heterocycles. The summed E-state index contributed by atoms with van der Waals surface area (Å²) < 4.78 is 0. The lowest BCUT2D eigenvalue weighted by Crippen LogP contribution is -2.21. The number of nitrogens with two attached hydrogens (primary N) is 1. The topological polar surface area (TPSA) is 49.5 Å². The van der Waals surface area contributed by atoms with E-state index in [9.17, 15) is 5.11 Å². The monoisotopic (exact) mass is 276 g/mol. The Kier molecular flexibility index (Phi) is 4.12. The zero-order valence-electron chi connectivity index (χ0n) is 13.4. The van der Waals surface area contributed by atoms with Crippen molar-refractivity contribution in [3.8, 4) is 5.75 Å². The second kappa shape index (κ2) is 5.38. The highest BCUT2D eigenvalue weighted by Gasteiger charge is 2.34. The predicted octanol–water partition coefficient (Wildman–Crippen LogP) is 2.95. The van der Waals surface area contributed by atoms with Gasteiger partial charge in [-0.1, -0.05) is 32.9 Å². The molecule has 1 aliphatic heterocycles. The third-order valence-electron chi connectivity index (χ3n) is 4.54. The lowest BCUT2D eigenvalue weighted by Gasteiger charge is -2.27. The van der Waals surface area contributed by atoms with Crippen LogP contribution in [0.1, 0.15) is 49.9 Å². The molecule has 0 bridgehead atoms. The van der Waals surface area contributed by atoms with Crippen LogP contribution in [-0.2, 0) is 5.41 Å². The van der Waals surface area contributed by atoms with Crippen LogP contribution in [0.2, 0.25) is 0 Å². The maximum atomic E-state index is 10.8. The van der Waals surface area contributed by atoms with Gasteiger partial charge in [-0.15, -0.1) is 0 Å². The first kappa shape index (κ1) is 15.3. The van der Waals surface area contributed by atoms with E-state index in [-0.39, 0.29) is 11.5 Å². The maximum Gasteiger partial charge on any atom is 0.124 e. The normalized spacial score (nSPS) is 24.3. The smallest absolute Gasteiger partial charge is 0.124 e. The van der Waals surface area contributed by atoms with Gasteiger partial charge in [0.25, 0.3) is 0 Å². The Hall–Kier alpha value is -1.06. The molecule has 0 amide bonds. The molecule has 1 aromatic rings. The van der Waals surface area contributed by atoms with Gasteiger partial charge >= 0.3 is 0 Å². The Morgan fingerprint density at radius 3 is 2.50 bits per heavy atom. The van der Waals surface area contributed by atoms with Crippen LogP contribution in [0.4, 0.5) is 0 Å². The van der Waals surface area contributed by atoms with E-state index in [4.69, 9.17) is 5.73 Å². The summed E-state index contributed by atoms with van der Waals surface area (Å²) in [7, 11) is 2.13. The average molecular weight is 276 g/mol. The summed E-state index contributed by atoms with van der Waals surface area (Å²) in [6.07, 6.45) is 1.04. The van der Waals surface area contributed by atoms with Gasteiger partial charge in [0.2, 0.25) is 0 Å².